The molecule has 2 aliphatic rings. The van der Waals surface area contributed by atoms with Crippen LogP contribution in [0.4, 0.5) is 10.6 Å². The Morgan fingerprint density at radius 1 is 1.26 bits per heavy atom. The van der Waals surface area contributed by atoms with Crippen molar-refractivity contribution in [1.82, 2.24) is 15.1 Å². The summed E-state index contributed by atoms with van der Waals surface area (Å²) in [6.07, 6.45) is 1.88. The van der Waals surface area contributed by atoms with Crippen LogP contribution >= 0.6 is 11.6 Å². The maximum Gasteiger partial charge on any atom is 0.410 e. The van der Waals surface area contributed by atoms with Crippen LogP contribution < -0.4 is 5.32 Å². The molecule has 126 valence electrons. The third-order valence-corrected chi connectivity index (χ3v) is 4.59. The van der Waals surface area contributed by atoms with Gasteiger partial charge in [-0.05, 0) is 57.6 Å². The zero-order chi connectivity index (χ0) is 16.6. The van der Waals surface area contributed by atoms with Gasteiger partial charge in [-0.15, -0.1) is 10.2 Å². The SMILES string of the molecule is CC(C)(C)OC(=O)N1CC2C[C@@H](Nc3ccc(Cl)nn3)C[C@@H]2C1. The van der Waals surface area contributed by atoms with Crippen molar-refractivity contribution >= 4 is 23.5 Å². The highest BCUT2D eigenvalue weighted by atomic mass is 35.5. The van der Waals surface area contributed by atoms with Crippen molar-refractivity contribution in [3.05, 3.63) is 17.3 Å². The number of fused-ring (bicyclic) bond motifs is 1. The number of ether oxygens (including phenoxy) is 1. The number of halogens is 1. The largest absolute Gasteiger partial charge is 0.444 e. The molecule has 1 aliphatic carbocycles. The summed E-state index contributed by atoms with van der Waals surface area (Å²) in [6, 6.07) is 3.95. The number of aromatic nitrogens is 2. The minimum absolute atomic E-state index is 0.194. The summed E-state index contributed by atoms with van der Waals surface area (Å²) >= 11 is 5.75. The molecule has 6 nitrogen and oxygen atoms in total. The minimum atomic E-state index is -0.438. The molecule has 1 saturated heterocycles. The van der Waals surface area contributed by atoms with Crippen LogP contribution in [0.15, 0.2) is 12.1 Å². The molecular formula is C16H23ClN4O2. The van der Waals surface area contributed by atoms with E-state index >= 15 is 0 Å². The van der Waals surface area contributed by atoms with Crippen LogP contribution in [0.5, 0.6) is 0 Å². The maximum absolute atomic E-state index is 12.2. The van der Waals surface area contributed by atoms with Gasteiger partial charge < -0.3 is 15.0 Å². The van der Waals surface area contributed by atoms with E-state index in [0.717, 1.165) is 31.7 Å². The minimum Gasteiger partial charge on any atom is -0.444 e. The highest BCUT2D eigenvalue weighted by molar-refractivity contribution is 6.29. The lowest BCUT2D eigenvalue weighted by atomic mass is 10.0. The summed E-state index contributed by atoms with van der Waals surface area (Å²) in [4.78, 5) is 14.0. The normalized spacial score (nSPS) is 27.0. The molecule has 2 fully saturated rings. The third kappa shape index (κ3) is 4.05. The van der Waals surface area contributed by atoms with Gasteiger partial charge in [-0.1, -0.05) is 11.6 Å². The molecule has 1 amide bonds. The maximum atomic E-state index is 12.2. The first kappa shape index (κ1) is 16.3. The summed E-state index contributed by atoms with van der Waals surface area (Å²) in [5, 5.41) is 11.7. The van der Waals surface area contributed by atoms with E-state index in [0.29, 0.717) is 23.0 Å². The van der Waals surface area contributed by atoms with E-state index in [1.54, 1.807) is 6.07 Å². The predicted octanol–water partition coefficient (Wildman–Crippen LogP) is 3.19. The van der Waals surface area contributed by atoms with E-state index in [9.17, 15) is 4.79 Å². The van der Waals surface area contributed by atoms with Gasteiger partial charge in [0.05, 0.1) is 0 Å². The third-order valence-electron chi connectivity index (χ3n) is 4.39. The Balaban J connectivity index is 1.51. The Hall–Kier alpha value is -1.56. The number of amides is 1. The fourth-order valence-electron chi connectivity index (χ4n) is 3.50. The van der Waals surface area contributed by atoms with E-state index in [4.69, 9.17) is 16.3 Å². The van der Waals surface area contributed by atoms with Crippen molar-refractivity contribution < 1.29 is 9.53 Å². The van der Waals surface area contributed by atoms with Gasteiger partial charge in [0.2, 0.25) is 0 Å². The number of hydrogen-bond donors (Lipinski definition) is 1. The first-order valence-electron chi connectivity index (χ1n) is 8.04. The van der Waals surface area contributed by atoms with Crippen LogP contribution in [0.25, 0.3) is 0 Å². The number of nitrogens with zero attached hydrogens (tertiary/aromatic N) is 3. The molecule has 1 aliphatic heterocycles. The Labute approximate surface area is 141 Å². The van der Waals surface area contributed by atoms with Crippen molar-refractivity contribution in [3.63, 3.8) is 0 Å². The first-order chi connectivity index (χ1) is 10.8. The predicted molar refractivity (Wildman–Crippen MR) is 88.5 cm³/mol. The summed E-state index contributed by atoms with van der Waals surface area (Å²) < 4.78 is 5.46. The average molecular weight is 339 g/mol. The first-order valence-corrected chi connectivity index (χ1v) is 8.41. The van der Waals surface area contributed by atoms with Crippen molar-refractivity contribution in [2.75, 3.05) is 18.4 Å². The smallest absolute Gasteiger partial charge is 0.410 e. The standard InChI is InChI=1S/C16H23ClN4O2/c1-16(2,3)23-15(22)21-8-10-6-12(7-11(10)9-21)18-14-5-4-13(17)19-20-14/h4-5,10-12H,6-9H2,1-3H3,(H,18,20)/t10-,11?,12+/m1/s1. The second-order valence-electron chi connectivity index (χ2n) is 7.46. The van der Waals surface area contributed by atoms with E-state index in [-0.39, 0.29) is 6.09 Å². The molecule has 1 aromatic heterocycles. The number of carbonyl (C=O) groups is 1. The lowest BCUT2D eigenvalue weighted by Crippen LogP contribution is -2.36. The Bertz CT molecular complexity index is 558. The van der Waals surface area contributed by atoms with Crippen LogP contribution in [0.2, 0.25) is 5.15 Å². The van der Waals surface area contributed by atoms with E-state index < -0.39 is 5.60 Å². The fraction of sp³-hybridized carbons (Fsp3) is 0.688. The molecule has 1 aromatic rings. The second-order valence-corrected chi connectivity index (χ2v) is 7.85. The van der Waals surface area contributed by atoms with Gasteiger partial charge in [0, 0.05) is 19.1 Å². The Morgan fingerprint density at radius 3 is 2.43 bits per heavy atom. The molecule has 3 atom stereocenters. The highest BCUT2D eigenvalue weighted by Gasteiger charge is 2.43. The van der Waals surface area contributed by atoms with E-state index in [1.165, 1.54) is 0 Å². The lowest BCUT2D eigenvalue weighted by Gasteiger charge is -2.25. The van der Waals surface area contributed by atoms with Crippen LogP contribution in [0, 0.1) is 11.8 Å². The molecule has 0 radical (unpaired) electrons. The van der Waals surface area contributed by atoms with Gasteiger partial charge in [-0.3, -0.25) is 0 Å². The zero-order valence-electron chi connectivity index (χ0n) is 13.8. The summed E-state index contributed by atoms with van der Waals surface area (Å²) in [7, 11) is 0. The Kier molecular flexibility index (Phi) is 4.36. The van der Waals surface area contributed by atoms with E-state index in [2.05, 4.69) is 15.5 Å². The average Bonchev–Trinajstić information content (AvgIpc) is 2.97. The molecule has 1 unspecified atom stereocenters. The molecule has 2 heterocycles. The van der Waals surface area contributed by atoms with E-state index in [1.807, 2.05) is 31.7 Å². The number of anilines is 1. The molecule has 3 rings (SSSR count). The molecule has 1 N–H and O–H groups in total. The molecule has 0 aromatic carbocycles. The topological polar surface area (TPSA) is 67.3 Å². The Morgan fingerprint density at radius 2 is 1.91 bits per heavy atom. The van der Waals surface area contributed by atoms with Gasteiger partial charge in [0.1, 0.15) is 11.4 Å². The van der Waals surface area contributed by atoms with Gasteiger partial charge in [0.15, 0.2) is 5.15 Å². The molecule has 0 bridgehead atoms. The van der Waals surface area contributed by atoms with Gasteiger partial charge in [-0.25, -0.2) is 4.79 Å². The monoisotopic (exact) mass is 338 g/mol. The fourth-order valence-corrected chi connectivity index (χ4v) is 3.60. The van der Waals surface area contributed by atoms with Crippen molar-refractivity contribution in [3.8, 4) is 0 Å². The number of carbonyl (C=O) groups excluding carboxylic acids is 1. The molecule has 1 saturated carbocycles. The molecule has 0 spiro atoms. The molecule has 7 heteroatoms. The highest BCUT2D eigenvalue weighted by Crippen LogP contribution is 2.39. The number of rotatable bonds is 2. The number of hydrogen-bond acceptors (Lipinski definition) is 5. The number of likely N-dealkylation sites (tertiary alicyclic amines) is 1. The molecular weight excluding hydrogens is 316 g/mol. The van der Waals surface area contributed by atoms with Crippen LogP contribution in [0.3, 0.4) is 0 Å². The van der Waals surface area contributed by atoms with Crippen molar-refractivity contribution in [2.24, 2.45) is 11.8 Å². The molecule has 23 heavy (non-hydrogen) atoms. The van der Waals surface area contributed by atoms with Gasteiger partial charge in [-0.2, -0.15) is 0 Å². The number of nitrogens with one attached hydrogen (secondary N) is 1. The van der Waals surface area contributed by atoms with Crippen molar-refractivity contribution in [1.29, 1.82) is 0 Å². The van der Waals surface area contributed by atoms with Crippen LogP contribution in [-0.4, -0.2) is 45.9 Å². The zero-order valence-corrected chi connectivity index (χ0v) is 14.5. The summed E-state index contributed by atoms with van der Waals surface area (Å²) in [6.45, 7) is 7.26. The second kappa shape index (κ2) is 6.15. The van der Waals surface area contributed by atoms with Gasteiger partial charge >= 0.3 is 6.09 Å². The van der Waals surface area contributed by atoms with Crippen molar-refractivity contribution in [2.45, 2.75) is 45.3 Å². The van der Waals surface area contributed by atoms with Crippen LogP contribution in [-0.2, 0) is 4.74 Å². The summed E-state index contributed by atoms with van der Waals surface area (Å²) in [5.74, 6) is 1.81. The van der Waals surface area contributed by atoms with Gasteiger partial charge in [0.25, 0.3) is 0 Å². The summed E-state index contributed by atoms with van der Waals surface area (Å²) in [5.41, 5.74) is -0.438. The quantitative estimate of drug-likeness (QED) is 0.897. The lowest BCUT2D eigenvalue weighted by molar-refractivity contribution is 0.0280. The van der Waals surface area contributed by atoms with Crippen LogP contribution in [0.1, 0.15) is 33.6 Å².